The van der Waals surface area contributed by atoms with E-state index >= 15 is 0 Å². The number of nitrogens with zero attached hydrogens (tertiary/aromatic N) is 4. The summed E-state index contributed by atoms with van der Waals surface area (Å²) in [7, 11) is 0. The lowest BCUT2D eigenvalue weighted by atomic mass is 10.2. The maximum absolute atomic E-state index is 12.9. The fourth-order valence-corrected chi connectivity index (χ4v) is 3.81. The molecular weight excluding hydrogens is 412 g/mol. The van der Waals surface area contributed by atoms with Crippen molar-refractivity contribution in [2.75, 3.05) is 11.9 Å². The number of nitrogens with one attached hydrogen (secondary N) is 2. The quantitative estimate of drug-likeness (QED) is 0.434. The van der Waals surface area contributed by atoms with Crippen LogP contribution in [0.25, 0.3) is 10.2 Å². The molecule has 31 heavy (non-hydrogen) atoms. The van der Waals surface area contributed by atoms with E-state index in [9.17, 15) is 4.79 Å². The van der Waals surface area contributed by atoms with Gasteiger partial charge < -0.3 is 15.4 Å². The summed E-state index contributed by atoms with van der Waals surface area (Å²) in [6.07, 6.45) is 4.83. The van der Waals surface area contributed by atoms with Crippen molar-refractivity contribution in [3.8, 4) is 5.75 Å². The summed E-state index contributed by atoms with van der Waals surface area (Å²) in [5.74, 6) is 0.765. The fourth-order valence-electron chi connectivity index (χ4n) is 2.99. The molecule has 4 rings (SSSR count). The molecule has 0 radical (unpaired) electrons. The summed E-state index contributed by atoms with van der Waals surface area (Å²) >= 11 is 1.44. The largest absolute Gasteiger partial charge is 0.487 e. The molecule has 0 aliphatic rings. The van der Waals surface area contributed by atoms with Crippen LogP contribution in [0.5, 0.6) is 5.75 Å². The van der Waals surface area contributed by atoms with E-state index in [1.54, 1.807) is 24.7 Å². The Bertz CT molecular complexity index is 1150. The van der Waals surface area contributed by atoms with Crippen molar-refractivity contribution in [2.24, 2.45) is 0 Å². The summed E-state index contributed by atoms with van der Waals surface area (Å²) in [6.45, 7) is 4.19. The normalized spacial score (nSPS) is 12.8. The van der Waals surface area contributed by atoms with Crippen molar-refractivity contribution in [1.82, 2.24) is 25.3 Å². The number of hydrogen-bond donors (Lipinski definition) is 2. The number of hydrogen-bond acceptors (Lipinski definition) is 8. The second-order valence-electron chi connectivity index (χ2n) is 6.98. The predicted octanol–water partition coefficient (Wildman–Crippen LogP) is 3.85. The van der Waals surface area contributed by atoms with Crippen molar-refractivity contribution in [3.05, 3.63) is 71.8 Å². The maximum atomic E-state index is 12.9. The minimum atomic E-state index is -0.273. The first-order valence-corrected chi connectivity index (χ1v) is 10.8. The van der Waals surface area contributed by atoms with Gasteiger partial charge in [-0.2, -0.15) is 0 Å². The molecule has 0 aliphatic carbocycles. The van der Waals surface area contributed by atoms with E-state index < -0.39 is 0 Å². The van der Waals surface area contributed by atoms with Crippen LogP contribution in [0.2, 0.25) is 0 Å². The zero-order valence-corrected chi connectivity index (χ0v) is 18.0. The van der Waals surface area contributed by atoms with Gasteiger partial charge in [-0.25, -0.2) is 9.97 Å². The van der Waals surface area contributed by atoms with Gasteiger partial charge in [0.1, 0.15) is 11.9 Å². The Morgan fingerprint density at radius 3 is 2.81 bits per heavy atom. The smallest absolute Gasteiger partial charge is 0.271 e. The lowest BCUT2D eigenvalue weighted by Gasteiger charge is -2.16. The summed E-state index contributed by atoms with van der Waals surface area (Å²) in [6, 6.07) is 11.1. The molecule has 4 aromatic rings. The molecule has 0 saturated carbocycles. The van der Waals surface area contributed by atoms with E-state index in [1.807, 2.05) is 49.6 Å². The summed E-state index contributed by atoms with van der Waals surface area (Å²) in [5.41, 5.74) is 1.92. The fraction of sp³-hybridized carbons (Fsp3) is 0.227. The van der Waals surface area contributed by atoms with Gasteiger partial charge in [-0.3, -0.25) is 14.8 Å². The van der Waals surface area contributed by atoms with Gasteiger partial charge in [0.15, 0.2) is 5.69 Å². The van der Waals surface area contributed by atoms with Crippen LogP contribution in [0.3, 0.4) is 0 Å². The standard InChI is InChI=1S/C22H22N6O2S/c1-14(30-16-6-5-9-23-13-16)12-25-21(29)19-20-18(8-11-31-20)27-22(28-19)26-15(2)17-7-3-4-10-24-17/h3-11,13-15H,12H2,1-2H3,(H,25,29)(H,26,27,28)/t14?,15-/m0/s1. The molecule has 0 aliphatic heterocycles. The molecule has 0 spiro atoms. The van der Waals surface area contributed by atoms with Crippen LogP contribution in [-0.4, -0.2) is 38.5 Å². The Hall–Kier alpha value is -3.59. The van der Waals surface area contributed by atoms with Crippen molar-refractivity contribution in [1.29, 1.82) is 0 Å². The highest BCUT2D eigenvalue weighted by atomic mass is 32.1. The van der Waals surface area contributed by atoms with Crippen LogP contribution in [-0.2, 0) is 0 Å². The monoisotopic (exact) mass is 434 g/mol. The molecule has 1 unspecified atom stereocenters. The van der Waals surface area contributed by atoms with Crippen LogP contribution in [0.4, 0.5) is 5.95 Å². The first kappa shape index (κ1) is 20.7. The van der Waals surface area contributed by atoms with Crippen molar-refractivity contribution in [3.63, 3.8) is 0 Å². The van der Waals surface area contributed by atoms with Crippen molar-refractivity contribution in [2.45, 2.75) is 26.0 Å². The lowest BCUT2D eigenvalue weighted by molar-refractivity contribution is 0.0929. The molecule has 4 heterocycles. The molecule has 2 atom stereocenters. The Morgan fingerprint density at radius 2 is 2.03 bits per heavy atom. The molecule has 0 bridgehead atoms. The number of fused-ring (bicyclic) bond motifs is 1. The number of thiophene rings is 1. The van der Waals surface area contributed by atoms with Crippen molar-refractivity contribution < 1.29 is 9.53 Å². The van der Waals surface area contributed by atoms with Gasteiger partial charge in [0.25, 0.3) is 5.91 Å². The van der Waals surface area contributed by atoms with Gasteiger partial charge in [-0.15, -0.1) is 11.3 Å². The highest BCUT2D eigenvalue weighted by Gasteiger charge is 2.18. The Labute approximate surface area is 183 Å². The second-order valence-corrected chi connectivity index (χ2v) is 7.89. The van der Waals surface area contributed by atoms with Crippen LogP contribution < -0.4 is 15.4 Å². The van der Waals surface area contributed by atoms with E-state index in [1.165, 1.54) is 11.3 Å². The Balaban J connectivity index is 1.47. The number of aromatic nitrogens is 4. The average molecular weight is 435 g/mol. The molecule has 0 saturated heterocycles. The Morgan fingerprint density at radius 1 is 1.13 bits per heavy atom. The molecule has 0 fully saturated rings. The van der Waals surface area contributed by atoms with Gasteiger partial charge >= 0.3 is 0 Å². The number of ether oxygens (including phenoxy) is 1. The van der Waals surface area contributed by atoms with Crippen LogP contribution in [0.15, 0.2) is 60.4 Å². The maximum Gasteiger partial charge on any atom is 0.271 e. The zero-order valence-electron chi connectivity index (χ0n) is 17.1. The van der Waals surface area contributed by atoms with Crippen LogP contribution >= 0.6 is 11.3 Å². The molecule has 9 heteroatoms. The third kappa shape index (κ3) is 5.13. The number of carbonyl (C=O) groups excluding carboxylic acids is 1. The summed E-state index contributed by atoms with van der Waals surface area (Å²) in [5, 5.41) is 8.05. The van der Waals surface area contributed by atoms with E-state index in [4.69, 9.17) is 4.74 Å². The predicted molar refractivity (Wildman–Crippen MR) is 120 cm³/mol. The lowest BCUT2D eigenvalue weighted by Crippen LogP contribution is -2.34. The van der Waals surface area contributed by atoms with Gasteiger partial charge in [-0.1, -0.05) is 6.07 Å². The highest BCUT2D eigenvalue weighted by molar-refractivity contribution is 7.17. The minimum Gasteiger partial charge on any atom is -0.487 e. The molecule has 4 aromatic heterocycles. The van der Waals surface area contributed by atoms with E-state index in [0.717, 1.165) is 15.9 Å². The molecule has 2 N–H and O–H groups in total. The molecule has 0 aromatic carbocycles. The van der Waals surface area contributed by atoms with Gasteiger partial charge in [0, 0.05) is 12.4 Å². The molecule has 8 nitrogen and oxygen atoms in total. The van der Waals surface area contributed by atoms with Gasteiger partial charge in [-0.05, 0) is 49.6 Å². The number of rotatable bonds is 8. The second kappa shape index (κ2) is 9.48. The highest BCUT2D eigenvalue weighted by Crippen LogP contribution is 2.25. The zero-order chi connectivity index (χ0) is 21.6. The van der Waals surface area contributed by atoms with E-state index in [0.29, 0.717) is 23.9 Å². The molecular formula is C22H22N6O2S. The summed E-state index contributed by atoms with van der Waals surface area (Å²) < 4.78 is 6.52. The van der Waals surface area contributed by atoms with Crippen LogP contribution in [0, 0.1) is 0 Å². The number of anilines is 1. The first-order chi connectivity index (χ1) is 15.1. The van der Waals surface area contributed by atoms with Gasteiger partial charge in [0.05, 0.1) is 34.7 Å². The first-order valence-electron chi connectivity index (χ1n) is 9.87. The Kier molecular flexibility index (Phi) is 6.32. The third-order valence-corrected chi connectivity index (χ3v) is 5.43. The molecule has 158 valence electrons. The third-order valence-electron chi connectivity index (χ3n) is 4.52. The topological polar surface area (TPSA) is 102 Å². The number of amides is 1. The van der Waals surface area contributed by atoms with E-state index in [2.05, 4.69) is 30.6 Å². The number of pyridine rings is 2. The van der Waals surface area contributed by atoms with Crippen LogP contribution in [0.1, 0.15) is 36.1 Å². The minimum absolute atomic E-state index is 0.110. The SMILES string of the molecule is CC(CNC(=O)c1nc(N[C@@H](C)c2ccccn2)nc2ccsc12)Oc1cccnc1. The number of carbonyl (C=O) groups is 1. The average Bonchev–Trinajstić information content (AvgIpc) is 3.27. The molecule has 1 amide bonds. The van der Waals surface area contributed by atoms with E-state index in [-0.39, 0.29) is 18.1 Å². The summed E-state index contributed by atoms with van der Waals surface area (Å²) in [4.78, 5) is 30.3. The van der Waals surface area contributed by atoms with Gasteiger partial charge in [0.2, 0.25) is 5.95 Å². The van der Waals surface area contributed by atoms with Crippen molar-refractivity contribution >= 4 is 33.4 Å².